The van der Waals surface area contributed by atoms with Crippen molar-refractivity contribution in [1.82, 2.24) is 5.32 Å². The minimum absolute atomic E-state index is 0.00909. The van der Waals surface area contributed by atoms with Crippen molar-refractivity contribution in [1.29, 1.82) is 0 Å². The molecular formula is C12H14N4O2. The predicted molar refractivity (Wildman–Crippen MR) is 68.4 cm³/mol. The number of amides is 2. The van der Waals surface area contributed by atoms with Gasteiger partial charge >= 0.3 is 0 Å². The Bertz CT molecular complexity index is 541. The summed E-state index contributed by atoms with van der Waals surface area (Å²) in [7, 11) is 0. The highest BCUT2D eigenvalue weighted by Crippen LogP contribution is 2.33. The first-order valence-corrected chi connectivity index (χ1v) is 5.87. The third kappa shape index (κ3) is 1.75. The lowest BCUT2D eigenvalue weighted by Gasteiger charge is -2.30. The van der Waals surface area contributed by atoms with E-state index in [2.05, 4.69) is 10.6 Å². The van der Waals surface area contributed by atoms with Crippen molar-refractivity contribution >= 4 is 28.9 Å². The van der Waals surface area contributed by atoms with Gasteiger partial charge in [0, 0.05) is 18.8 Å². The van der Waals surface area contributed by atoms with E-state index < -0.39 is 0 Å². The number of anilines is 3. The van der Waals surface area contributed by atoms with Crippen LogP contribution in [-0.2, 0) is 16.0 Å². The Morgan fingerprint density at radius 3 is 2.83 bits per heavy atom. The van der Waals surface area contributed by atoms with E-state index in [-0.39, 0.29) is 11.8 Å². The smallest absolute Gasteiger partial charge is 0.239 e. The summed E-state index contributed by atoms with van der Waals surface area (Å²) in [6, 6.07) is 3.67. The number of nitrogens with zero attached hydrogens (tertiary/aromatic N) is 1. The molecule has 2 heterocycles. The predicted octanol–water partition coefficient (Wildman–Crippen LogP) is -0.300. The van der Waals surface area contributed by atoms with Crippen molar-refractivity contribution in [2.45, 2.75) is 6.42 Å². The van der Waals surface area contributed by atoms with Crippen LogP contribution in [-0.4, -0.2) is 31.4 Å². The fourth-order valence-corrected chi connectivity index (χ4v) is 2.40. The fourth-order valence-electron chi connectivity index (χ4n) is 2.40. The average molecular weight is 246 g/mol. The fraction of sp³-hybridized carbons (Fsp3) is 0.333. The molecule has 0 radical (unpaired) electrons. The number of rotatable bonds is 1. The number of piperazine rings is 1. The lowest BCUT2D eigenvalue weighted by molar-refractivity contribution is -0.120. The van der Waals surface area contributed by atoms with Crippen LogP contribution in [0.15, 0.2) is 12.1 Å². The minimum Gasteiger partial charge on any atom is -0.397 e. The topological polar surface area (TPSA) is 87.5 Å². The zero-order chi connectivity index (χ0) is 12.7. The van der Waals surface area contributed by atoms with Gasteiger partial charge in [0.15, 0.2) is 0 Å². The number of carbonyl (C=O) groups is 2. The first-order valence-electron chi connectivity index (χ1n) is 5.87. The van der Waals surface area contributed by atoms with Crippen LogP contribution in [0.25, 0.3) is 0 Å². The van der Waals surface area contributed by atoms with Gasteiger partial charge in [-0.05, 0) is 17.7 Å². The first kappa shape index (κ1) is 10.9. The summed E-state index contributed by atoms with van der Waals surface area (Å²) in [6.45, 7) is 1.64. The van der Waals surface area contributed by atoms with E-state index in [4.69, 9.17) is 5.73 Å². The normalized spacial score (nSPS) is 18.3. The molecule has 4 N–H and O–H groups in total. The summed E-state index contributed by atoms with van der Waals surface area (Å²) >= 11 is 0. The van der Waals surface area contributed by atoms with Crippen LogP contribution in [0.3, 0.4) is 0 Å². The number of hydrogen-bond acceptors (Lipinski definition) is 4. The highest BCUT2D eigenvalue weighted by atomic mass is 16.2. The first-order chi connectivity index (χ1) is 8.63. The summed E-state index contributed by atoms with van der Waals surface area (Å²) in [4.78, 5) is 24.6. The highest BCUT2D eigenvalue weighted by molar-refractivity contribution is 6.01. The van der Waals surface area contributed by atoms with Gasteiger partial charge in [-0.25, -0.2) is 0 Å². The lowest BCUT2D eigenvalue weighted by Crippen LogP contribution is -2.47. The summed E-state index contributed by atoms with van der Waals surface area (Å²) in [6.07, 6.45) is 0.375. The van der Waals surface area contributed by atoms with Gasteiger partial charge in [0.25, 0.3) is 0 Å². The second kappa shape index (κ2) is 3.90. The number of hydrogen-bond donors (Lipinski definition) is 3. The molecule has 1 aromatic rings. The number of nitrogen functional groups attached to an aromatic ring is 1. The standard InChI is InChI=1S/C12H14N4O2/c13-8-3-7-4-11(17)15-9(7)5-10(8)16-2-1-14-12(18)6-16/h3,5H,1-2,4,6,13H2,(H,14,18)(H,15,17). The molecule has 6 nitrogen and oxygen atoms in total. The van der Waals surface area contributed by atoms with Crippen molar-refractivity contribution in [2.75, 3.05) is 35.6 Å². The molecule has 0 aliphatic carbocycles. The molecule has 0 bridgehead atoms. The van der Waals surface area contributed by atoms with E-state index in [0.29, 0.717) is 25.2 Å². The van der Waals surface area contributed by atoms with E-state index >= 15 is 0 Å². The molecule has 1 fully saturated rings. The maximum absolute atomic E-state index is 11.4. The van der Waals surface area contributed by atoms with Crippen LogP contribution in [0.1, 0.15) is 5.56 Å². The second-order valence-corrected chi connectivity index (χ2v) is 4.56. The van der Waals surface area contributed by atoms with E-state index in [9.17, 15) is 9.59 Å². The van der Waals surface area contributed by atoms with Gasteiger partial charge in [0.2, 0.25) is 11.8 Å². The van der Waals surface area contributed by atoms with Crippen LogP contribution >= 0.6 is 0 Å². The molecule has 3 rings (SSSR count). The van der Waals surface area contributed by atoms with Gasteiger partial charge in [-0.15, -0.1) is 0 Å². The molecule has 2 aliphatic heterocycles. The number of benzene rings is 1. The van der Waals surface area contributed by atoms with Crippen LogP contribution in [0.2, 0.25) is 0 Å². The Hall–Kier alpha value is -2.24. The molecule has 0 spiro atoms. The van der Waals surface area contributed by atoms with Crippen molar-refractivity contribution in [3.05, 3.63) is 17.7 Å². The number of nitrogens with one attached hydrogen (secondary N) is 2. The van der Waals surface area contributed by atoms with Crippen LogP contribution in [0.4, 0.5) is 17.1 Å². The van der Waals surface area contributed by atoms with Gasteiger partial charge in [0.1, 0.15) is 0 Å². The summed E-state index contributed by atoms with van der Waals surface area (Å²) in [5.74, 6) is -0.0249. The summed E-state index contributed by atoms with van der Waals surface area (Å²) in [5, 5.41) is 5.56. The lowest BCUT2D eigenvalue weighted by atomic mass is 10.1. The Morgan fingerprint density at radius 2 is 2.06 bits per heavy atom. The molecule has 6 heteroatoms. The Balaban J connectivity index is 1.95. The van der Waals surface area contributed by atoms with Gasteiger partial charge in [-0.2, -0.15) is 0 Å². The number of carbonyl (C=O) groups excluding carboxylic acids is 2. The van der Waals surface area contributed by atoms with E-state index in [1.807, 2.05) is 17.0 Å². The number of nitrogens with two attached hydrogens (primary N) is 1. The monoisotopic (exact) mass is 246 g/mol. The largest absolute Gasteiger partial charge is 0.397 e. The van der Waals surface area contributed by atoms with Crippen molar-refractivity contribution in [2.24, 2.45) is 0 Å². The van der Waals surface area contributed by atoms with E-state index in [0.717, 1.165) is 23.5 Å². The van der Waals surface area contributed by atoms with Crippen molar-refractivity contribution < 1.29 is 9.59 Å². The van der Waals surface area contributed by atoms with Gasteiger partial charge in [-0.1, -0.05) is 0 Å². The van der Waals surface area contributed by atoms with Crippen LogP contribution in [0.5, 0.6) is 0 Å². The maximum atomic E-state index is 11.4. The third-order valence-corrected chi connectivity index (χ3v) is 3.26. The molecule has 1 aromatic carbocycles. The highest BCUT2D eigenvalue weighted by Gasteiger charge is 2.23. The van der Waals surface area contributed by atoms with Gasteiger partial charge in [-0.3, -0.25) is 9.59 Å². The molecule has 0 aromatic heterocycles. The van der Waals surface area contributed by atoms with Gasteiger partial charge in [0.05, 0.1) is 24.3 Å². The molecule has 2 amide bonds. The van der Waals surface area contributed by atoms with E-state index in [1.165, 1.54) is 0 Å². The van der Waals surface area contributed by atoms with Crippen LogP contribution < -0.4 is 21.3 Å². The SMILES string of the molecule is Nc1cc2c(cc1N1CCNC(=O)C1)NC(=O)C2. The molecule has 0 saturated carbocycles. The molecule has 1 saturated heterocycles. The van der Waals surface area contributed by atoms with Crippen molar-refractivity contribution in [3.63, 3.8) is 0 Å². The second-order valence-electron chi connectivity index (χ2n) is 4.56. The van der Waals surface area contributed by atoms with Crippen molar-refractivity contribution in [3.8, 4) is 0 Å². The zero-order valence-corrected chi connectivity index (χ0v) is 9.82. The summed E-state index contributed by atoms with van der Waals surface area (Å²) in [5.41, 5.74) is 9.15. The van der Waals surface area contributed by atoms with E-state index in [1.54, 1.807) is 0 Å². The minimum atomic E-state index is -0.0158. The molecule has 0 atom stereocenters. The molecule has 2 aliphatic rings. The maximum Gasteiger partial charge on any atom is 0.239 e. The summed E-state index contributed by atoms with van der Waals surface area (Å²) < 4.78 is 0. The third-order valence-electron chi connectivity index (χ3n) is 3.26. The quantitative estimate of drug-likeness (QED) is 0.594. The molecule has 18 heavy (non-hydrogen) atoms. The van der Waals surface area contributed by atoms with Crippen LogP contribution in [0, 0.1) is 0 Å². The zero-order valence-electron chi connectivity index (χ0n) is 9.82. The average Bonchev–Trinajstić information content (AvgIpc) is 2.67. The number of fused-ring (bicyclic) bond motifs is 1. The Kier molecular flexibility index (Phi) is 2.36. The molecule has 94 valence electrons. The van der Waals surface area contributed by atoms with Gasteiger partial charge < -0.3 is 21.3 Å². The molecule has 0 unspecified atom stereocenters. The molecular weight excluding hydrogens is 232 g/mol. The Labute approximate surface area is 104 Å². The Morgan fingerprint density at radius 1 is 1.22 bits per heavy atom.